The molecule has 0 spiro atoms. The standard InChI is InChI=1S/C6Br2N2O2/c7-5-3(1-11)9-6(8)4(2-12)10-5. The highest BCUT2D eigenvalue weighted by atomic mass is 79.9. The third-order valence-electron chi connectivity index (χ3n) is 1.00. The molecule has 0 aromatic carbocycles. The van der Waals surface area contributed by atoms with Gasteiger partial charge < -0.3 is 0 Å². The van der Waals surface area contributed by atoms with Crippen LogP contribution in [0.3, 0.4) is 0 Å². The first-order valence-electron chi connectivity index (χ1n) is 2.68. The van der Waals surface area contributed by atoms with Crippen molar-refractivity contribution in [2.24, 2.45) is 0 Å². The molecule has 0 aliphatic rings. The van der Waals surface area contributed by atoms with Crippen LogP contribution in [0.1, 0.15) is 11.4 Å². The van der Waals surface area contributed by atoms with Gasteiger partial charge in [0.1, 0.15) is 20.6 Å². The third-order valence-corrected chi connectivity index (χ3v) is 2.11. The van der Waals surface area contributed by atoms with Crippen LogP contribution in [-0.2, 0) is 9.59 Å². The van der Waals surface area contributed by atoms with Crippen LogP contribution in [0.4, 0.5) is 0 Å². The van der Waals surface area contributed by atoms with Crippen LogP contribution in [0, 0.1) is 0 Å². The Balaban J connectivity index is 3.34. The van der Waals surface area contributed by atoms with Gasteiger partial charge in [0.25, 0.3) is 12.6 Å². The fraction of sp³-hybridized carbons (Fsp3) is 0. The van der Waals surface area contributed by atoms with Gasteiger partial charge in [-0.05, 0) is 31.9 Å². The molecule has 0 atom stereocenters. The zero-order valence-electron chi connectivity index (χ0n) is 5.47. The predicted molar refractivity (Wildman–Crippen MR) is 47.0 cm³/mol. The molecule has 2 radical (unpaired) electrons. The minimum atomic E-state index is 0.0147. The summed E-state index contributed by atoms with van der Waals surface area (Å²) in [5.41, 5.74) is 0.0294. The first-order valence-corrected chi connectivity index (χ1v) is 4.27. The number of hydrogen-bond donors (Lipinski definition) is 0. The summed E-state index contributed by atoms with van der Waals surface area (Å²) in [6.07, 6.45) is 3.11. The highest BCUT2D eigenvalue weighted by Gasteiger charge is 2.09. The number of hydrogen-bond acceptors (Lipinski definition) is 4. The topological polar surface area (TPSA) is 59.9 Å². The van der Waals surface area contributed by atoms with Gasteiger partial charge in [0.15, 0.2) is 0 Å². The van der Waals surface area contributed by atoms with E-state index in [9.17, 15) is 9.59 Å². The van der Waals surface area contributed by atoms with Gasteiger partial charge in [-0.25, -0.2) is 9.97 Å². The van der Waals surface area contributed by atoms with Gasteiger partial charge in [-0.3, -0.25) is 9.59 Å². The lowest BCUT2D eigenvalue weighted by molar-refractivity contribution is 0.558. The predicted octanol–water partition coefficient (Wildman–Crippen LogP) is 0.917. The summed E-state index contributed by atoms with van der Waals surface area (Å²) >= 11 is 5.89. The summed E-state index contributed by atoms with van der Waals surface area (Å²) < 4.78 is 0.359. The molecule has 0 saturated heterocycles. The molecule has 6 heteroatoms. The van der Waals surface area contributed by atoms with Crippen molar-refractivity contribution in [2.45, 2.75) is 0 Å². The molecule has 0 fully saturated rings. The van der Waals surface area contributed by atoms with E-state index in [0.29, 0.717) is 0 Å². The fourth-order valence-electron chi connectivity index (χ4n) is 0.524. The van der Waals surface area contributed by atoms with Gasteiger partial charge in [-0.1, -0.05) is 0 Å². The Labute approximate surface area is 84.7 Å². The summed E-state index contributed by atoms with van der Waals surface area (Å²) in [5, 5.41) is 0. The van der Waals surface area contributed by atoms with Crippen molar-refractivity contribution in [3.8, 4) is 0 Å². The van der Waals surface area contributed by atoms with Crippen molar-refractivity contribution < 1.29 is 9.59 Å². The smallest absolute Gasteiger partial charge is 0.256 e. The highest BCUT2D eigenvalue weighted by Crippen LogP contribution is 2.16. The molecular weight excluding hydrogens is 292 g/mol. The Hall–Kier alpha value is -0.620. The van der Waals surface area contributed by atoms with Crippen molar-refractivity contribution in [1.29, 1.82) is 0 Å². The molecule has 4 nitrogen and oxygen atoms in total. The van der Waals surface area contributed by atoms with E-state index in [4.69, 9.17) is 0 Å². The lowest BCUT2D eigenvalue weighted by Gasteiger charge is -1.96. The second kappa shape index (κ2) is 3.86. The van der Waals surface area contributed by atoms with Crippen molar-refractivity contribution >= 4 is 44.4 Å². The zero-order valence-corrected chi connectivity index (χ0v) is 8.64. The minimum absolute atomic E-state index is 0.0147. The van der Waals surface area contributed by atoms with Crippen LogP contribution in [-0.4, -0.2) is 22.5 Å². The number of aromatic nitrogens is 2. The molecule has 0 N–H and O–H groups in total. The first kappa shape index (κ1) is 9.47. The molecule has 1 aromatic heterocycles. The van der Waals surface area contributed by atoms with Crippen LogP contribution in [0.2, 0.25) is 0 Å². The molecule has 0 aliphatic carbocycles. The monoisotopic (exact) mass is 290 g/mol. The average molecular weight is 292 g/mol. The summed E-state index contributed by atoms with van der Waals surface area (Å²) in [6, 6.07) is 0. The summed E-state index contributed by atoms with van der Waals surface area (Å²) in [6.45, 7) is 0. The quantitative estimate of drug-likeness (QED) is 0.813. The highest BCUT2D eigenvalue weighted by molar-refractivity contribution is 9.11. The van der Waals surface area contributed by atoms with Gasteiger partial charge in [0.05, 0.1) is 0 Å². The molecular formula is C6Br2N2O2. The fourth-order valence-corrected chi connectivity index (χ4v) is 1.22. The molecule has 1 aromatic rings. The van der Waals surface area contributed by atoms with E-state index in [2.05, 4.69) is 41.8 Å². The van der Waals surface area contributed by atoms with Gasteiger partial charge in [-0.15, -0.1) is 0 Å². The van der Waals surface area contributed by atoms with Crippen LogP contribution >= 0.6 is 31.9 Å². The van der Waals surface area contributed by atoms with Gasteiger partial charge in [0.2, 0.25) is 0 Å². The molecule has 0 bridgehead atoms. The van der Waals surface area contributed by atoms with Gasteiger partial charge >= 0.3 is 0 Å². The SMILES string of the molecule is O=[C]c1nc(Br)c([C]=O)nc1Br. The average Bonchev–Trinajstić information content (AvgIpc) is 2.08. The van der Waals surface area contributed by atoms with E-state index >= 15 is 0 Å². The zero-order chi connectivity index (χ0) is 9.14. The Morgan fingerprint density at radius 3 is 1.50 bits per heavy atom. The lowest BCUT2D eigenvalue weighted by atomic mass is 10.4. The Bertz CT molecular complexity index is 307. The van der Waals surface area contributed by atoms with E-state index in [1.54, 1.807) is 12.6 Å². The summed E-state index contributed by atoms with van der Waals surface area (Å²) in [7, 11) is 0. The number of rotatable bonds is 2. The van der Waals surface area contributed by atoms with E-state index in [0.717, 1.165) is 0 Å². The molecule has 0 saturated carbocycles. The Morgan fingerprint density at radius 2 is 1.25 bits per heavy atom. The molecule has 60 valence electrons. The summed E-state index contributed by atoms with van der Waals surface area (Å²) in [5.74, 6) is 0. The molecule has 0 aliphatic heterocycles. The maximum Gasteiger partial charge on any atom is 0.256 e. The third kappa shape index (κ3) is 1.75. The van der Waals surface area contributed by atoms with Gasteiger partial charge in [0, 0.05) is 0 Å². The Morgan fingerprint density at radius 1 is 0.917 bits per heavy atom. The van der Waals surface area contributed by atoms with E-state index in [-0.39, 0.29) is 20.6 Å². The van der Waals surface area contributed by atoms with Crippen molar-refractivity contribution in [1.82, 2.24) is 9.97 Å². The van der Waals surface area contributed by atoms with Crippen LogP contribution in [0.25, 0.3) is 0 Å². The van der Waals surface area contributed by atoms with Gasteiger partial charge in [-0.2, -0.15) is 0 Å². The lowest BCUT2D eigenvalue weighted by Crippen LogP contribution is -1.99. The Kier molecular flexibility index (Phi) is 3.05. The maximum absolute atomic E-state index is 10.2. The number of halogens is 2. The van der Waals surface area contributed by atoms with E-state index in [1.165, 1.54) is 0 Å². The number of nitrogens with zero attached hydrogens (tertiary/aromatic N) is 2. The second-order valence-corrected chi connectivity index (χ2v) is 3.21. The molecule has 12 heavy (non-hydrogen) atoms. The minimum Gasteiger partial charge on any atom is -0.283 e. The van der Waals surface area contributed by atoms with Crippen LogP contribution in [0.15, 0.2) is 9.21 Å². The molecule has 1 rings (SSSR count). The van der Waals surface area contributed by atoms with E-state index in [1.807, 2.05) is 0 Å². The maximum atomic E-state index is 10.2. The van der Waals surface area contributed by atoms with E-state index < -0.39 is 0 Å². The number of carbonyl (C=O) groups excluding carboxylic acids is 2. The largest absolute Gasteiger partial charge is 0.283 e. The van der Waals surface area contributed by atoms with Crippen LogP contribution < -0.4 is 0 Å². The normalized spacial score (nSPS) is 9.50. The van der Waals surface area contributed by atoms with Crippen molar-refractivity contribution in [2.75, 3.05) is 0 Å². The summed E-state index contributed by atoms with van der Waals surface area (Å²) in [4.78, 5) is 27.8. The van der Waals surface area contributed by atoms with Crippen LogP contribution in [0.5, 0.6) is 0 Å². The second-order valence-electron chi connectivity index (χ2n) is 1.71. The molecule has 1 heterocycles. The van der Waals surface area contributed by atoms with Crippen molar-refractivity contribution in [3.05, 3.63) is 20.6 Å². The molecule has 0 amide bonds. The molecule has 0 unspecified atom stereocenters. The van der Waals surface area contributed by atoms with Crippen molar-refractivity contribution in [3.63, 3.8) is 0 Å². The first-order chi connectivity index (χ1) is 5.69.